The number of hydrogen-bond donors (Lipinski definition) is 1. The molecular weight excluding hydrogens is 206 g/mol. The first-order chi connectivity index (χ1) is 8.11. The molecule has 0 aromatic heterocycles. The van der Waals surface area contributed by atoms with Crippen LogP contribution in [0.5, 0.6) is 0 Å². The van der Waals surface area contributed by atoms with E-state index in [4.69, 9.17) is 0 Å². The molecule has 0 heterocycles. The van der Waals surface area contributed by atoms with Gasteiger partial charge in [0.05, 0.1) is 0 Å². The second-order valence-corrected chi connectivity index (χ2v) is 5.53. The molecule has 0 aliphatic rings. The molecule has 1 rings (SSSR count). The molecule has 0 aliphatic carbocycles. The molecule has 0 fully saturated rings. The summed E-state index contributed by atoms with van der Waals surface area (Å²) in [4.78, 5) is 0. The molecule has 0 aliphatic heterocycles. The van der Waals surface area contributed by atoms with Crippen LogP contribution in [-0.4, -0.2) is 13.1 Å². The highest BCUT2D eigenvalue weighted by Crippen LogP contribution is 2.13. The standard InChI is InChI=1S/C16H27N/c1-5-17-12-14(4)10-16-8-6-7-15(11-16)9-13(2)3/h6-8,11,13-14,17H,5,9-10,12H2,1-4H3. The number of hydrogen-bond acceptors (Lipinski definition) is 1. The normalized spacial score (nSPS) is 13.0. The van der Waals surface area contributed by atoms with Crippen LogP contribution in [0.15, 0.2) is 24.3 Å². The van der Waals surface area contributed by atoms with E-state index in [-0.39, 0.29) is 0 Å². The van der Waals surface area contributed by atoms with Gasteiger partial charge < -0.3 is 5.32 Å². The molecule has 1 N–H and O–H groups in total. The van der Waals surface area contributed by atoms with Crippen LogP contribution in [-0.2, 0) is 12.8 Å². The zero-order valence-electron chi connectivity index (χ0n) is 11.8. The predicted molar refractivity (Wildman–Crippen MR) is 76.4 cm³/mol. The van der Waals surface area contributed by atoms with E-state index < -0.39 is 0 Å². The highest BCUT2D eigenvalue weighted by atomic mass is 14.8. The molecule has 1 nitrogen and oxygen atoms in total. The fraction of sp³-hybridized carbons (Fsp3) is 0.625. The van der Waals surface area contributed by atoms with Crippen molar-refractivity contribution in [2.24, 2.45) is 11.8 Å². The Labute approximate surface area is 107 Å². The maximum atomic E-state index is 3.42. The minimum Gasteiger partial charge on any atom is -0.317 e. The fourth-order valence-corrected chi connectivity index (χ4v) is 2.22. The molecule has 96 valence electrons. The lowest BCUT2D eigenvalue weighted by molar-refractivity contribution is 0.521. The van der Waals surface area contributed by atoms with Gasteiger partial charge in [0, 0.05) is 0 Å². The Bertz CT molecular complexity index is 317. The third-order valence-electron chi connectivity index (χ3n) is 2.96. The van der Waals surface area contributed by atoms with Crippen LogP contribution in [0.25, 0.3) is 0 Å². The highest BCUT2D eigenvalue weighted by Gasteiger charge is 2.04. The summed E-state index contributed by atoms with van der Waals surface area (Å²) in [6.07, 6.45) is 2.37. The van der Waals surface area contributed by atoms with E-state index >= 15 is 0 Å². The van der Waals surface area contributed by atoms with Crippen molar-refractivity contribution in [1.29, 1.82) is 0 Å². The summed E-state index contributed by atoms with van der Waals surface area (Å²) in [7, 11) is 0. The van der Waals surface area contributed by atoms with E-state index in [1.807, 2.05) is 0 Å². The summed E-state index contributed by atoms with van der Waals surface area (Å²) >= 11 is 0. The third kappa shape index (κ3) is 5.88. The summed E-state index contributed by atoms with van der Waals surface area (Å²) in [5, 5.41) is 3.42. The topological polar surface area (TPSA) is 12.0 Å². The van der Waals surface area contributed by atoms with Gasteiger partial charge in [-0.1, -0.05) is 52.0 Å². The van der Waals surface area contributed by atoms with E-state index in [2.05, 4.69) is 57.3 Å². The summed E-state index contributed by atoms with van der Waals surface area (Å²) in [5.74, 6) is 1.45. The van der Waals surface area contributed by atoms with Crippen molar-refractivity contribution < 1.29 is 0 Å². The first-order valence-corrected chi connectivity index (χ1v) is 6.90. The van der Waals surface area contributed by atoms with Gasteiger partial charge in [-0.15, -0.1) is 0 Å². The van der Waals surface area contributed by atoms with Crippen LogP contribution < -0.4 is 5.32 Å². The molecule has 0 saturated carbocycles. The minimum atomic E-state index is 0.712. The Morgan fingerprint density at radius 3 is 2.29 bits per heavy atom. The molecule has 0 spiro atoms. The lowest BCUT2D eigenvalue weighted by Crippen LogP contribution is -2.21. The van der Waals surface area contributed by atoms with Gasteiger partial charge in [0.1, 0.15) is 0 Å². The van der Waals surface area contributed by atoms with Crippen LogP contribution in [0.1, 0.15) is 38.8 Å². The van der Waals surface area contributed by atoms with Crippen molar-refractivity contribution in [3.63, 3.8) is 0 Å². The van der Waals surface area contributed by atoms with Gasteiger partial charge in [-0.2, -0.15) is 0 Å². The lowest BCUT2D eigenvalue weighted by Gasteiger charge is -2.13. The van der Waals surface area contributed by atoms with Crippen molar-refractivity contribution in [2.45, 2.75) is 40.5 Å². The minimum absolute atomic E-state index is 0.712. The molecular formula is C16H27N. The van der Waals surface area contributed by atoms with E-state index in [9.17, 15) is 0 Å². The molecule has 1 unspecified atom stereocenters. The molecule has 1 aromatic rings. The molecule has 0 saturated heterocycles. The van der Waals surface area contributed by atoms with Gasteiger partial charge in [-0.3, -0.25) is 0 Å². The van der Waals surface area contributed by atoms with Crippen molar-refractivity contribution >= 4 is 0 Å². The fourth-order valence-electron chi connectivity index (χ4n) is 2.22. The molecule has 1 heteroatoms. The molecule has 1 atom stereocenters. The third-order valence-corrected chi connectivity index (χ3v) is 2.96. The maximum absolute atomic E-state index is 3.42. The maximum Gasteiger partial charge on any atom is -0.00201 e. The number of benzene rings is 1. The monoisotopic (exact) mass is 233 g/mol. The van der Waals surface area contributed by atoms with E-state index in [1.54, 1.807) is 0 Å². The lowest BCUT2D eigenvalue weighted by atomic mass is 9.96. The zero-order chi connectivity index (χ0) is 12.7. The Kier molecular flexibility index (Phi) is 6.28. The molecule has 17 heavy (non-hydrogen) atoms. The van der Waals surface area contributed by atoms with Crippen LogP contribution in [0.2, 0.25) is 0 Å². The van der Waals surface area contributed by atoms with Crippen molar-refractivity contribution in [3.8, 4) is 0 Å². The Balaban J connectivity index is 2.53. The van der Waals surface area contributed by atoms with Crippen LogP contribution >= 0.6 is 0 Å². The summed E-state index contributed by atoms with van der Waals surface area (Å²) in [6, 6.07) is 9.08. The Morgan fingerprint density at radius 1 is 1.06 bits per heavy atom. The van der Waals surface area contributed by atoms with Crippen molar-refractivity contribution in [1.82, 2.24) is 5.32 Å². The van der Waals surface area contributed by atoms with Crippen molar-refractivity contribution in [3.05, 3.63) is 35.4 Å². The van der Waals surface area contributed by atoms with Crippen LogP contribution in [0.4, 0.5) is 0 Å². The Morgan fingerprint density at radius 2 is 1.71 bits per heavy atom. The SMILES string of the molecule is CCNCC(C)Cc1cccc(CC(C)C)c1. The summed E-state index contributed by atoms with van der Waals surface area (Å²) < 4.78 is 0. The van der Waals surface area contributed by atoms with Crippen molar-refractivity contribution in [2.75, 3.05) is 13.1 Å². The van der Waals surface area contributed by atoms with E-state index in [0.717, 1.165) is 19.0 Å². The summed E-state index contributed by atoms with van der Waals surface area (Å²) in [5.41, 5.74) is 2.96. The first kappa shape index (κ1) is 14.2. The quantitative estimate of drug-likeness (QED) is 0.757. The Hall–Kier alpha value is -0.820. The van der Waals surface area contributed by atoms with Crippen LogP contribution in [0.3, 0.4) is 0 Å². The van der Waals surface area contributed by atoms with Gasteiger partial charge in [-0.25, -0.2) is 0 Å². The van der Waals surface area contributed by atoms with Gasteiger partial charge in [0.25, 0.3) is 0 Å². The largest absolute Gasteiger partial charge is 0.317 e. The number of nitrogens with one attached hydrogen (secondary N) is 1. The predicted octanol–water partition coefficient (Wildman–Crippen LogP) is 3.67. The zero-order valence-corrected chi connectivity index (χ0v) is 11.8. The van der Waals surface area contributed by atoms with Crippen LogP contribution in [0, 0.1) is 11.8 Å². The average Bonchev–Trinajstić information content (AvgIpc) is 2.26. The molecule has 1 aromatic carbocycles. The highest BCUT2D eigenvalue weighted by molar-refractivity contribution is 5.24. The smallest absolute Gasteiger partial charge is 0.00201 e. The average molecular weight is 233 g/mol. The van der Waals surface area contributed by atoms with Gasteiger partial charge in [0.15, 0.2) is 0 Å². The van der Waals surface area contributed by atoms with Gasteiger partial charge >= 0.3 is 0 Å². The molecule has 0 radical (unpaired) electrons. The first-order valence-electron chi connectivity index (χ1n) is 6.90. The second kappa shape index (κ2) is 7.50. The molecule has 0 bridgehead atoms. The van der Waals surface area contributed by atoms with Gasteiger partial charge in [0.2, 0.25) is 0 Å². The van der Waals surface area contributed by atoms with Gasteiger partial charge in [-0.05, 0) is 48.9 Å². The number of rotatable bonds is 7. The second-order valence-electron chi connectivity index (χ2n) is 5.53. The summed E-state index contributed by atoms with van der Waals surface area (Å²) in [6.45, 7) is 11.2. The van der Waals surface area contributed by atoms with E-state index in [1.165, 1.54) is 24.0 Å². The molecule has 0 amide bonds. The van der Waals surface area contributed by atoms with E-state index in [0.29, 0.717) is 5.92 Å².